The maximum Gasteiger partial charge on any atom is 0.309 e. The van der Waals surface area contributed by atoms with Gasteiger partial charge in [-0.3, -0.25) is 4.79 Å². The minimum absolute atomic E-state index is 0.0144. The molecule has 1 aromatic heterocycles. The van der Waals surface area contributed by atoms with Gasteiger partial charge in [-0.1, -0.05) is 18.2 Å². The molecule has 0 saturated carbocycles. The predicted octanol–water partition coefficient (Wildman–Crippen LogP) is 2.45. The highest BCUT2D eigenvalue weighted by atomic mass is 16.5. The molecule has 0 spiro atoms. The van der Waals surface area contributed by atoms with Crippen LogP contribution in [0.1, 0.15) is 17.7 Å². The van der Waals surface area contributed by atoms with Crippen molar-refractivity contribution in [3.05, 3.63) is 35.5 Å². The molecule has 1 atom stereocenters. The first-order chi connectivity index (χ1) is 8.29. The lowest BCUT2D eigenvalue weighted by Gasteiger charge is -2.19. The number of esters is 1. The van der Waals surface area contributed by atoms with Crippen LogP contribution < -0.4 is 0 Å². The van der Waals surface area contributed by atoms with Gasteiger partial charge in [-0.25, -0.2) is 0 Å². The molecule has 0 radical (unpaired) electrons. The molecule has 0 saturated heterocycles. The van der Waals surface area contributed by atoms with E-state index >= 15 is 0 Å². The molecule has 3 heteroatoms. The normalized spacial score (nSPS) is 19.0. The van der Waals surface area contributed by atoms with Gasteiger partial charge in [0.2, 0.25) is 0 Å². The number of rotatable bonds is 1. The summed E-state index contributed by atoms with van der Waals surface area (Å²) in [6, 6.07) is 8.31. The molecule has 1 aliphatic rings. The van der Waals surface area contributed by atoms with Crippen LogP contribution >= 0.6 is 0 Å². The zero-order valence-electron chi connectivity index (χ0n) is 9.82. The molecule has 0 amide bonds. The van der Waals surface area contributed by atoms with Gasteiger partial charge < -0.3 is 9.72 Å². The summed E-state index contributed by atoms with van der Waals surface area (Å²) in [6.07, 6.45) is 2.62. The van der Waals surface area contributed by atoms with Gasteiger partial charge in [0.15, 0.2) is 0 Å². The average Bonchev–Trinajstić information content (AvgIpc) is 2.75. The van der Waals surface area contributed by atoms with E-state index in [0.29, 0.717) is 0 Å². The molecule has 1 aliphatic carbocycles. The van der Waals surface area contributed by atoms with Crippen LogP contribution in [0.25, 0.3) is 10.9 Å². The monoisotopic (exact) mass is 229 g/mol. The number of para-hydroxylation sites is 1. The van der Waals surface area contributed by atoms with Crippen LogP contribution in [0.3, 0.4) is 0 Å². The number of aryl methyl sites for hydroxylation is 1. The molecule has 3 nitrogen and oxygen atoms in total. The van der Waals surface area contributed by atoms with E-state index in [4.69, 9.17) is 4.74 Å². The van der Waals surface area contributed by atoms with E-state index in [2.05, 4.69) is 23.2 Å². The van der Waals surface area contributed by atoms with Crippen molar-refractivity contribution in [2.24, 2.45) is 5.92 Å². The Morgan fingerprint density at radius 1 is 1.41 bits per heavy atom. The maximum atomic E-state index is 11.6. The number of fused-ring (bicyclic) bond motifs is 3. The standard InChI is InChI=1S/C14H15NO2/c1-17-14(16)9-6-7-11-10-4-2-3-5-12(10)15-13(11)8-9/h2-5,9,15H,6-8H2,1H3. The molecule has 3 rings (SSSR count). The van der Waals surface area contributed by atoms with E-state index in [1.807, 2.05) is 6.07 Å². The number of H-pyrrole nitrogens is 1. The van der Waals surface area contributed by atoms with Crippen molar-refractivity contribution in [1.82, 2.24) is 4.98 Å². The Morgan fingerprint density at radius 2 is 2.24 bits per heavy atom. The summed E-state index contributed by atoms with van der Waals surface area (Å²) in [5.41, 5.74) is 3.75. The lowest BCUT2D eigenvalue weighted by atomic mass is 9.87. The van der Waals surface area contributed by atoms with E-state index in [0.717, 1.165) is 19.3 Å². The van der Waals surface area contributed by atoms with Crippen molar-refractivity contribution in [2.75, 3.05) is 7.11 Å². The molecule has 0 aliphatic heterocycles. The van der Waals surface area contributed by atoms with Crippen molar-refractivity contribution < 1.29 is 9.53 Å². The highest BCUT2D eigenvalue weighted by Gasteiger charge is 2.27. The molecular formula is C14H15NO2. The third kappa shape index (κ3) is 1.62. The zero-order chi connectivity index (χ0) is 11.8. The molecule has 1 unspecified atom stereocenters. The lowest BCUT2D eigenvalue weighted by molar-refractivity contribution is -0.145. The summed E-state index contributed by atoms with van der Waals surface area (Å²) < 4.78 is 4.83. The fourth-order valence-electron chi connectivity index (χ4n) is 2.75. The Balaban J connectivity index is 2.00. The van der Waals surface area contributed by atoms with Crippen LogP contribution in [0.4, 0.5) is 0 Å². The second kappa shape index (κ2) is 3.91. The van der Waals surface area contributed by atoms with Gasteiger partial charge >= 0.3 is 5.97 Å². The Labute approximate surface area is 99.8 Å². The minimum Gasteiger partial charge on any atom is -0.469 e. The predicted molar refractivity (Wildman–Crippen MR) is 65.8 cm³/mol. The molecule has 1 heterocycles. The molecule has 0 bridgehead atoms. The number of methoxy groups -OCH3 is 1. The quantitative estimate of drug-likeness (QED) is 0.763. The first kappa shape index (κ1) is 10.4. The highest BCUT2D eigenvalue weighted by Crippen LogP contribution is 2.31. The summed E-state index contributed by atoms with van der Waals surface area (Å²) in [5.74, 6) is -0.0742. The van der Waals surface area contributed by atoms with Gasteiger partial charge in [0, 0.05) is 23.0 Å². The number of carbonyl (C=O) groups excluding carboxylic acids is 1. The van der Waals surface area contributed by atoms with Crippen molar-refractivity contribution >= 4 is 16.9 Å². The minimum atomic E-state index is -0.0886. The number of hydrogen-bond donors (Lipinski definition) is 1. The topological polar surface area (TPSA) is 42.1 Å². The number of aromatic amines is 1. The Kier molecular flexibility index (Phi) is 2.39. The van der Waals surface area contributed by atoms with Crippen molar-refractivity contribution in [2.45, 2.75) is 19.3 Å². The van der Waals surface area contributed by atoms with Crippen molar-refractivity contribution in [3.8, 4) is 0 Å². The summed E-state index contributed by atoms with van der Waals surface area (Å²) in [5, 5.41) is 1.30. The van der Waals surface area contributed by atoms with Crippen molar-refractivity contribution in [1.29, 1.82) is 0 Å². The smallest absolute Gasteiger partial charge is 0.309 e. The second-order valence-corrected chi connectivity index (χ2v) is 4.59. The molecule has 88 valence electrons. The third-order valence-corrected chi connectivity index (χ3v) is 3.63. The summed E-state index contributed by atoms with van der Waals surface area (Å²) in [7, 11) is 1.46. The zero-order valence-corrected chi connectivity index (χ0v) is 9.82. The van der Waals surface area contributed by atoms with Crippen LogP contribution in [0.2, 0.25) is 0 Å². The van der Waals surface area contributed by atoms with Crippen LogP contribution in [-0.2, 0) is 22.4 Å². The number of benzene rings is 1. The first-order valence-electron chi connectivity index (χ1n) is 5.96. The summed E-state index contributed by atoms with van der Waals surface area (Å²) >= 11 is 0. The largest absolute Gasteiger partial charge is 0.469 e. The van der Waals surface area contributed by atoms with E-state index in [9.17, 15) is 4.79 Å². The van der Waals surface area contributed by atoms with E-state index in [-0.39, 0.29) is 11.9 Å². The number of aromatic nitrogens is 1. The van der Waals surface area contributed by atoms with Crippen LogP contribution in [0.5, 0.6) is 0 Å². The number of nitrogens with one attached hydrogen (secondary N) is 1. The molecule has 17 heavy (non-hydrogen) atoms. The van der Waals surface area contributed by atoms with Gasteiger partial charge in [-0.15, -0.1) is 0 Å². The Morgan fingerprint density at radius 3 is 3.06 bits per heavy atom. The fourth-order valence-corrected chi connectivity index (χ4v) is 2.75. The first-order valence-corrected chi connectivity index (χ1v) is 5.96. The highest BCUT2D eigenvalue weighted by molar-refractivity contribution is 5.85. The fraction of sp³-hybridized carbons (Fsp3) is 0.357. The lowest BCUT2D eigenvalue weighted by Crippen LogP contribution is -2.23. The van der Waals surface area contributed by atoms with Gasteiger partial charge in [0.25, 0.3) is 0 Å². The average molecular weight is 229 g/mol. The van der Waals surface area contributed by atoms with E-state index in [1.165, 1.54) is 29.3 Å². The van der Waals surface area contributed by atoms with E-state index in [1.54, 1.807) is 0 Å². The Hall–Kier alpha value is -1.77. The molecular weight excluding hydrogens is 214 g/mol. The van der Waals surface area contributed by atoms with Gasteiger partial charge in [0.1, 0.15) is 0 Å². The van der Waals surface area contributed by atoms with Crippen LogP contribution in [-0.4, -0.2) is 18.1 Å². The van der Waals surface area contributed by atoms with Gasteiger partial charge in [-0.2, -0.15) is 0 Å². The number of carbonyl (C=O) groups is 1. The van der Waals surface area contributed by atoms with E-state index < -0.39 is 0 Å². The maximum absolute atomic E-state index is 11.6. The molecule has 0 fully saturated rings. The van der Waals surface area contributed by atoms with Gasteiger partial charge in [-0.05, 0) is 24.5 Å². The molecule has 1 N–H and O–H groups in total. The summed E-state index contributed by atoms with van der Waals surface area (Å²) in [4.78, 5) is 15.0. The second-order valence-electron chi connectivity index (χ2n) is 4.59. The summed E-state index contributed by atoms with van der Waals surface area (Å²) in [6.45, 7) is 0. The third-order valence-electron chi connectivity index (χ3n) is 3.63. The van der Waals surface area contributed by atoms with Crippen LogP contribution in [0.15, 0.2) is 24.3 Å². The van der Waals surface area contributed by atoms with Crippen molar-refractivity contribution in [3.63, 3.8) is 0 Å². The SMILES string of the molecule is COC(=O)C1CCc2c([nH]c3ccccc23)C1. The van der Waals surface area contributed by atoms with Gasteiger partial charge in [0.05, 0.1) is 13.0 Å². The Bertz CT molecular complexity index is 571. The van der Waals surface area contributed by atoms with Crippen LogP contribution in [0, 0.1) is 5.92 Å². The number of hydrogen-bond acceptors (Lipinski definition) is 2. The number of ether oxygens (including phenoxy) is 1. The molecule has 2 aromatic rings. The molecule has 1 aromatic carbocycles.